The van der Waals surface area contributed by atoms with Gasteiger partial charge in [0.15, 0.2) is 0 Å². The van der Waals surface area contributed by atoms with E-state index in [4.69, 9.17) is 39.5 Å². The molecule has 112 valence electrons. The Labute approximate surface area is 133 Å². The molecule has 1 rings (SSSR count). The number of benzene rings is 1. The lowest BCUT2D eigenvalue weighted by Crippen LogP contribution is -2.37. The number of hydrogen-bond donors (Lipinski definition) is 2. The van der Waals surface area contributed by atoms with Crippen molar-refractivity contribution in [2.75, 3.05) is 26.1 Å². The Morgan fingerprint density at radius 2 is 2.10 bits per heavy atom. The van der Waals surface area contributed by atoms with Crippen LogP contribution in [0.3, 0.4) is 0 Å². The van der Waals surface area contributed by atoms with Gasteiger partial charge in [-0.15, -0.1) is 11.6 Å². The van der Waals surface area contributed by atoms with Crippen LogP contribution in [0.5, 0.6) is 0 Å². The molecule has 0 aliphatic rings. The second-order valence-electron chi connectivity index (χ2n) is 4.33. The number of alkyl halides is 1. The van der Waals surface area contributed by atoms with Crippen molar-refractivity contribution in [1.82, 2.24) is 5.32 Å². The van der Waals surface area contributed by atoms with Crippen molar-refractivity contribution in [2.24, 2.45) is 0 Å². The summed E-state index contributed by atoms with van der Waals surface area (Å²) < 4.78 is 5.05. The van der Waals surface area contributed by atoms with Crippen LogP contribution >= 0.6 is 34.8 Å². The fourth-order valence-electron chi connectivity index (χ4n) is 1.78. The van der Waals surface area contributed by atoms with Crippen molar-refractivity contribution in [2.45, 2.75) is 12.0 Å². The summed E-state index contributed by atoms with van der Waals surface area (Å²) in [7, 11) is 1.49. The van der Waals surface area contributed by atoms with Gasteiger partial charge in [0.05, 0.1) is 16.7 Å². The smallest absolute Gasteiger partial charge is 0.234 e. The van der Waals surface area contributed by atoms with Crippen LogP contribution < -0.4 is 5.32 Å². The Kier molecular flexibility index (Phi) is 7.06. The fourth-order valence-corrected chi connectivity index (χ4v) is 2.17. The highest BCUT2D eigenvalue weighted by Crippen LogP contribution is 2.31. The molecule has 0 heterocycles. The first-order chi connectivity index (χ1) is 9.42. The maximum atomic E-state index is 11.1. The number of carbonyl (C=O) groups excluding carboxylic acids is 1. The standard InChI is InChI=1S/C13H16Cl3NO3/c1-20-8-13(19,4-5-17-12(18)7-14)9-2-3-10(15)11(16)6-9/h2-3,6,19H,4-5,7-8H2,1H3,(H,17,18)/t13-/m1/s1. The van der Waals surface area contributed by atoms with Gasteiger partial charge in [0, 0.05) is 13.7 Å². The average molecular weight is 341 g/mol. The van der Waals surface area contributed by atoms with Crippen LogP contribution in [0, 0.1) is 0 Å². The Balaban J connectivity index is 2.84. The van der Waals surface area contributed by atoms with Crippen LogP contribution in [-0.2, 0) is 15.1 Å². The number of amides is 1. The van der Waals surface area contributed by atoms with E-state index >= 15 is 0 Å². The lowest BCUT2D eigenvalue weighted by Gasteiger charge is -2.28. The zero-order valence-corrected chi connectivity index (χ0v) is 13.2. The normalized spacial score (nSPS) is 13.8. The second-order valence-corrected chi connectivity index (χ2v) is 5.41. The zero-order valence-electron chi connectivity index (χ0n) is 11.0. The first kappa shape index (κ1) is 17.5. The number of nitrogens with one attached hydrogen (secondary N) is 1. The van der Waals surface area contributed by atoms with E-state index < -0.39 is 5.60 Å². The highest BCUT2D eigenvalue weighted by molar-refractivity contribution is 6.42. The molecule has 0 unspecified atom stereocenters. The van der Waals surface area contributed by atoms with Gasteiger partial charge in [-0.25, -0.2) is 0 Å². The summed E-state index contributed by atoms with van der Waals surface area (Å²) in [5, 5.41) is 14.0. The number of ether oxygens (including phenoxy) is 1. The van der Waals surface area contributed by atoms with Crippen molar-refractivity contribution in [3.8, 4) is 0 Å². The molecule has 0 aromatic heterocycles. The molecule has 0 aliphatic heterocycles. The first-order valence-corrected chi connectivity index (χ1v) is 7.21. The van der Waals surface area contributed by atoms with Crippen molar-refractivity contribution in [1.29, 1.82) is 0 Å². The van der Waals surface area contributed by atoms with Crippen molar-refractivity contribution >= 4 is 40.7 Å². The minimum Gasteiger partial charge on any atom is -0.383 e. The van der Waals surface area contributed by atoms with E-state index in [1.165, 1.54) is 7.11 Å². The van der Waals surface area contributed by atoms with E-state index in [9.17, 15) is 9.90 Å². The molecule has 1 amide bonds. The summed E-state index contributed by atoms with van der Waals surface area (Å²) in [6.07, 6.45) is 0.265. The lowest BCUT2D eigenvalue weighted by atomic mass is 9.91. The Bertz CT molecular complexity index is 470. The molecule has 0 radical (unpaired) electrons. The van der Waals surface area contributed by atoms with E-state index in [1.54, 1.807) is 18.2 Å². The summed E-state index contributed by atoms with van der Waals surface area (Å²) in [5.74, 6) is -0.407. The van der Waals surface area contributed by atoms with Crippen molar-refractivity contribution in [3.05, 3.63) is 33.8 Å². The van der Waals surface area contributed by atoms with Gasteiger partial charge in [-0.05, 0) is 24.1 Å². The van der Waals surface area contributed by atoms with Crippen LogP contribution in [0.4, 0.5) is 0 Å². The maximum Gasteiger partial charge on any atom is 0.234 e. The molecular weight excluding hydrogens is 325 g/mol. The van der Waals surface area contributed by atoms with Gasteiger partial charge in [-0.3, -0.25) is 4.79 Å². The maximum absolute atomic E-state index is 11.1. The molecule has 1 aromatic carbocycles. The lowest BCUT2D eigenvalue weighted by molar-refractivity contribution is -0.119. The van der Waals surface area contributed by atoms with Gasteiger partial charge < -0.3 is 15.2 Å². The monoisotopic (exact) mass is 339 g/mol. The minimum atomic E-state index is -1.26. The highest BCUT2D eigenvalue weighted by Gasteiger charge is 2.29. The molecule has 7 heteroatoms. The molecule has 0 saturated heterocycles. The van der Waals surface area contributed by atoms with Gasteiger partial charge in [0.1, 0.15) is 11.5 Å². The molecule has 0 bridgehead atoms. The van der Waals surface area contributed by atoms with Crippen LogP contribution in [0.15, 0.2) is 18.2 Å². The zero-order chi connectivity index (χ0) is 15.2. The Morgan fingerprint density at radius 1 is 1.40 bits per heavy atom. The molecule has 0 fully saturated rings. The molecular formula is C13H16Cl3NO3. The largest absolute Gasteiger partial charge is 0.383 e. The SMILES string of the molecule is COC[C@](O)(CCNC(=O)CCl)c1ccc(Cl)c(Cl)c1. The second kappa shape index (κ2) is 8.05. The molecule has 0 spiro atoms. The highest BCUT2D eigenvalue weighted by atomic mass is 35.5. The summed E-state index contributed by atoms with van der Waals surface area (Å²) in [6.45, 7) is 0.341. The number of rotatable bonds is 7. The van der Waals surface area contributed by atoms with Gasteiger partial charge >= 0.3 is 0 Å². The van der Waals surface area contributed by atoms with Crippen LogP contribution in [0.25, 0.3) is 0 Å². The van der Waals surface area contributed by atoms with E-state index in [1.807, 2.05) is 0 Å². The number of aliphatic hydroxyl groups is 1. The quantitative estimate of drug-likeness (QED) is 0.750. The molecule has 1 atom stereocenters. The summed E-state index contributed by atoms with van der Waals surface area (Å²) in [4.78, 5) is 11.1. The van der Waals surface area contributed by atoms with Gasteiger partial charge in [0.2, 0.25) is 5.91 Å². The van der Waals surface area contributed by atoms with Crippen molar-refractivity contribution in [3.63, 3.8) is 0 Å². The first-order valence-electron chi connectivity index (χ1n) is 5.92. The van der Waals surface area contributed by atoms with Crippen molar-refractivity contribution < 1.29 is 14.6 Å². The number of hydrogen-bond acceptors (Lipinski definition) is 3. The average Bonchev–Trinajstić information content (AvgIpc) is 2.41. The van der Waals surface area contributed by atoms with E-state index in [0.717, 1.165) is 0 Å². The molecule has 20 heavy (non-hydrogen) atoms. The third-order valence-corrected chi connectivity index (χ3v) is 3.80. The summed E-state index contributed by atoms with van der Waals surface area (Å²) in [5.41, 5.74) is -0.684. The van der Waals surface area contributed by atoms with Gasteiger partial charge in [0.25, 0.3) is 0 Å². The minimum absolute atomic E-state index is 0.0711. The van der Waals surface area contributed by atoms with E-state index in [-0.39, 0.29) is 31.4 Å². The van der Waals surface area contributed by atoms with Crippen LogP contribution in [0.2, 0.25) is 10.0 Å². The van der Waals surface area contributed by atoms with Crippen LogP contribution in [0.1, 0.15) is 12.0 Å². The predicted molar refractivity (Wildman–Crippen MR) is 80.6 cm³/mol. The summed E-state index contributed by atoms with van der Waals surface area (Å²) >= 11 is 17.2. The molecule has 0 saturated carbocycles. The third-order valence-electron chi connectivity index (χ3n) is 2.82. The Morgan fingerprint density at radius 3 is 2.65 bits per heavy atom. The number of carbonyl (C=O) groups is 1. The molecule has 2 N–H and O–H groups in total. The van der Waals surface area contributed by atoms with E-state index in [0.29, 0.717) is 15.6 Å². The van der Waals surface area contributed by atoms with Gasteiger partial charge in [-0.2, -0.15) is 0 Å². The molecule has 1 aromatic rings. The molecule has 4 nitrogen and oxygen atoms in total. The third kappa shape index (κ3) is 4.79. The number of methoxy groups -OCH3 is 1. The predicted octanol–water partition coefficient (Wildman–Crippen LogP) is 2.57. The van der Waals surface area contributed by atoms with Crippen LogP contribution in [-0.4, -0.2) is 37.2 Å². The topological polar surface area (TPSA) is 58.6 Å². The fraction of sp³-hybridized carbons (Fsp3) is 0.462. The van der Waals surface area contributed by atoms with Gasteiger partial charge in [-0.1, -0.05) is 29.3 Å². The summed E-state index contributed by atoms with van der Waals surface area (Å²) in [6, 6.07) is 4.88. The van der Waals surface area contributed by atoms with E-state index in [2.05, 4.69) is 5.32 Å². The molecule has 0 aliphatic carbocycles. The number of halogens is 3. The Hall–Kier alpha value is -0.520.